The summed E-state index contributed by atoms with van der Waals surface area (Å²) in [4.78, 5) is 25.4. The van der Waals surface area contributed by atoms with Gasteiger partial charge in [0.25, 0.3) is 5.91 Å². The zero-order valence-corrected chi connectivity index (χ0v) is 16.7. The molecule has 0 fully saturated rings. The normalized spacial score (nSPS) is 10.5. The van der Waals surface area contributed by atoms with Crippen molar-refractivity contribution >= 4 is 17.3 Å². The van der Waals surface area contributed by atoms with E-state index in [9.17, 15) is 4.79 Å². The molecule has 3 aromatic rings. The third-order valence-corrected chi connectivity index (χ3v) is 4.76. The van der Waals surface area contributed by atoms with Gasteiger partial charge in [-0.05, 0) is 67.8 Å². The Kier molecular flexibility index (Phi) is 6.37. The second-order valence-corrected chi connectivity index (χ2v) is 6.81. The second-order valence-electron chi connectivity index (χ2n) is 6.81. The lowest BCUT2D eigenvalue weighted by Crippen LogP contribution is -2.31. The van der Waals surface area contributed by atoms with Crippen molar-refractivity contribution in [1.82, 2.24) is 9.97 Å². The molecule has 2 aromatic heterocycles. The van der Waals surface area contributed by atoms with E-state index in [0.29, 0.717) is 12.2 Å². The molecule has 0 spiro atoms. The molecule has 0 aliphatic rings. The van der Waals surface area contributed by atoms with E-state index in [0.717, 1.165) is 29.9 Å². The number of amides is 1. The average Bonchev–Trinajstić information content (AvgIpc) is 2.73. The number of hydrogen-bond donors (Lipinski definition) is 0. The van der Waals surface area contributed by atoms with Crippen LogP contribution in [0.1, 0.15) is 28.5 Å². The fourth-order valence-electron chi connectivity index (χ4n) is 3.13. The van der Waals surface area contributed by atoms with Gasteiger partial charge in [0.1, 0.15) is 5.69 Å². The van der Waals surface area contributed by atoms with Crippen molar-refractivity contribution < 1.29 is 4.79 Å². The van der Waals surface area contributed by atoms with Gasteiger partial charge in [0.05, 0.1) is 0 Å². The minimum atomic E-state index is -0.0857. The maximum atomic E-state index is 13.1. The zero-order chi connectivity index (χ0) is 19.9. The molecule has 0 bridgehead atoms. The Balaban J connectivity index is 1.75. The Morgan fingerprint density at radius 2 is 1.79 bits per heavy atom. The van der Waals surface area contributed by atoms with Crippen LogP contribution < -0.4 is 9.80 Å². The van der Waals surface area contributed by atoms with Crippen molar-refractivity contribution in [2.24, 2.45) is 0 Å². The summed E-state index contributed by atoms with van der Waals surface area (Å²) in [6.45, 7) is 5.44. The molecule has 144 valence electrons. The van der Waals surface area contributed by atoms with E-state index < -0.39 is 0 Å². The topological polar surface area (TPSA) is 49.3 Å². The summed E-state index contributed by atoms with van der Waals surface area (Å²) < 4.78 is 0. The summed E-state index contributed by atoms with van der Waals surface area (Å²) in [5, 5.41) is 0. The number of benzene rings is 1. The number of anilines is 2. The van der Waals surface area contributed by atoms with Crippen LogP contribution in [0.3, 0.4) is 0 Å². The largest absolute Gasteiger partial charge is 0.374 e. The zero-order valence-electron chi connectivity index (χ0n) is 16.7. The number of hydrogen-bond acceptors (Lipinski definition) is 4. The van der Waals surface area contributed by atoms with Crippen molar-refractivity contribution in [3.05, 3.63) is 83.9 Å². The van der Waals surface area contributed by atoms with Crippen molar-refractivity contribution in [1.29, 1.82) is 0 Å². The van der Waals surface area contributed by atoms with Crippen LogP contribution in [0.25, 0.3) is 0 Å². The summed E-state index contributed by atoms with van der Waals surface area (Å²) in [6, 6.07) is 15.8. The van der Waals surface area contributed by atoms with Crippen molar-refractivity contribution in [3.8, 4) is 0 Å². The fraction of sp³-hybridized carbons (Fsp3) is 0.261. The van der Waals surface area contributed by atoms with Gasteiger partial charge in [0.2, 0.25) is 0 Å². The van der Waals surface area contributed by atoms with Gasteiger partial charge < -0.3 is 9.80 Å². The highest BCUT2D eigenvalue weighted by Crippen LogP contribution is 2.20. The number of rotatable bonds is 7. The number of aromatic nitrogens is 2. The van der Waals surface area contributed by atoms with Gasteiger partial charge in [-0.1, -0.05) is 12.1 Å². The number of pyridine rings is 2. The highest BCUT2D eigenvalue weighted by molar-refractivity contribution is 6.05. The van der Waals surface area contributed by atoms with Gasteiger partial charge in [-0.2, -0.15) is 0 Å². The van der Waals surface area contributed by atoms with Crippen LogP contribution >= 0.6 is 0 Å². The summed E-state index contributed by atoms with van der Waals surface area (Å²) in [5.41, 5.74) is 4.69. The third-order valence-electron chi connectivity index (χ3n) is 4.76. The SMILES string of the molecule is CCN(C(=O)c1cc(N(C)CCc2ccncc2)ccn1)c1cccc(C)c1. The highest BCUT2D eigenvalue weighted by Gasteiger charge is 2.18. The van der Waals surface area contributed by atoms with Crippen LogP contribution in [0.4, 0.5) is 11.4 Å². The molecule has 0 radical (unpaired) electrons. The first kappa shape index (κ1) is 19.5. The Bertz CT molecular complexity index is 927. The Hall–Kier alpha value is -3.21. The van der Waals surface area contributed by atoms with E-state index in [4.69, 9.17) is 0 Å². The van der Waals surface area contributed by atoms with Gasteiger partial charge in [-0.15, -0.1) is 0 Å². The summed E-state index contributed by atoms with van der Waals surface area (Å²) in [7, 11) is 2.03. The van der Waals surface area contributed by atoms with Crippen LogP contribution in [0.15, 0.2) is 67.1 Å². The van der Waals surface area contributed by atoms with Crippen molar-refractivity contribution in [2.75, 3.05) is 29.9 Å². The quantitative estimate of drug-likeness (QED) is 0.624. The summed E-state index contributed by atoms with van der Waals surface area (Å²) >= 11 is 0. The molecule has 0 unspecified atom stereocenters. The molecule has 0 saturated heterocycles. The van der Waals surface area contributed by atoms with Crippen LogP contribution in [-0.2, 0) is 6.42 Å². The fourth-order valence-corrected chi connectivity index (χ4v) is 3.13. The molecule has 2 heterocycles. The van der Waals surface area contributed by atoms with Gasteiger partial charge in [-0.3, -0.25) is 14.8 Å². The van der Waals surface area contributed by atoms with E-state index in [1.54, 1.807) is 11.1 Å². The predicted molar refractivity (Wildman–Crippen MR) is 114 cm³/mol. The number of nitrogens with zero attached hydrogens (tertiary/aromatic N) is 4. The number of aryl methyl sites for hydroxylation is 1. The molecule has 0 atom stereocenters. The molecule has 3 rings (SSSR count). The smallest absolute Gasteiger partial charge is 0.276 e. The Morgan fingerprint density at radius 1 is 1.00 bits per heavy atom. The van der Waals surface area contributed by atoms with Gasteiger partial charge in [0.15, 0.2) is 0 Å². The lowest BCUT2D eigenvalue weighted by molar-refractivity contribution is 0.0983. The molecule has 5 heteroatoms. The Morgan fingerprint density at radius 3 is 2.50 bits per heavy atom. The van der Waals surface area contributed by atoms with E-state index in [2.05, 4.69) is 14.9 Å². The monoisotopic (exact) mass is 374 g/mol. The number of likely N-dealkylation sites (N-methyl/N-ethyl adjacent to an activating group) is 1. The van der Waals surface area contributed by atoms with Crippen LogP contribution in [0, 0.1) is 6.92 Å². The highest BCUT2D eigenvalue weighted by atomic mass is 16.2. The molecule has 0 aliphatic carbocycles. The molecule has 1 amide bonds. The molecule has 0 saturated carbocycles. The maximum Gasteiger partial charge on any atom is 0.276 e. The number of carbonyl (C=O) groups is 1. The van der Waals surface area contributed by atoms with Gasteiger partial charge >= 0.3 is 0 Å². The van der Waals surface area contributed by atoms with E-state index in [-0.39, 0.29) is 5.91 Å². The summed E-state index contributed by atoms with van der Waals surface area (Å²) in [5.74, 6) is -0.0857. The minimum Gasteiger partial charge on any atom is -0.374 e. The van der Waals surface area contributed by atoms with Gasteiger partial charge in [-0.25, -0.2) is 0 Å². The van der Waals surface area contributed by atoms with E-state index >= 15 is 0 Å². The average molecular weight is 374 g/mol. The van der Waals surface area contributed by atoms with E-state index in [1.807, 2.05) is 81.8 Å². The van der Waals surface area contributed by atoms with Crippen molar-refractivity contribution in [3.63, 3.8) is 0 Å². The molecule has 1 aromatic carbocycles. The standard InChI is InChI=1S/C23H26N4O/c1-4-27(21-7-5-6-18(2)16-21)23(28)22-17-20(10-14-25-22)26(3)15-11-19-8-12-24-13-9-19/h5-10,12-14,16-17H,4,11,15H2,1-3H3. The first-order chi connectivity index (χ1) is 13.6. The van der Waals surface area contributed by atoms with Gasteiger partial charge in [0, 0.05) is 50.1 Å². The van der Waals surface area contributed by atoms with Crippen LogP contribution in [-0.4, -0.2) is 36.0 Å². The third kappa shape index (κ3) is 4.74. The van der Waals surface area contributed by atoms with Crippen LogP contribution in [0.2, 0.25) is 0 Å². The number of carbonyl (C=O) groups excluding carboxylic acids is 1. The second kappa shape index (κ2) is 9.13. The molecule has 0 aliphatic heterocycles. The lowest BCUT2D eigenvalue weighted by atomic mass is 10.1. The minimum absolute atomic E-state index is 0.0857. The maximum absolute atomic E-state index is 13.1. The van der Waals surface area contributed by atoms with Crippen LogP contribution in [0.5, 0.6) is 0 Å². The molecular formula is C23H26N4O. The first-order valence-electron chi connectivity index (χ1n) is 9.53. The predicted octanol–water partition coefficient (Wildman–Crippen LogP) is 4.13. The molecule has 0 N–H and O–H groups in total. The Labute approximate surface area is 166 Å². The molecular weight excluding hydrogens is 348 g/mol. The van der Waals surface area contributed by atoms with Crippen molar-refractivity contribution in [2.45, 2.75) is 20.3 Å². The summed E-state index contributed by atoms with van der Waals surface area (Å²) in [6.07, 6.45) is 6.23. The molecule has 28 heavy (non-hydrogen) atoms. The lowest BCUT2D eigenvalue weighted by Gasteiger charge is -2.23. The molecule has 5 nitrogen and oxygen atoms in total. The van der Waals surface area contributed by atoms with E-state index in [1.165, 1.54) is 5.56 Å². The first-order valence-corrected chi connectivity index (χ1v) is 9.53.